The SMILES string of the molecule is CCC1CCN(c2c(Cl)cccc2CCl)C1. The molecule has 1 aromatic carbocycles. The van der Waals surface area contributed by atoms with Crippen LogP contribution in [0, 0.1) is 5.92 Å². The van der Waals surface area contributed by atoms with Crippen LogP contribution >= 0.6 is 23.2 Å². The fourth-order valence-electron chi connectivity index (χ4n) is 2.39. The first-order chi connectivity index (χ1) is 7.76. The molecule has 0 N–H and O–H groups in total. The van der Waals surface area contributed by atoms with Crippen LogP contribution in [0.25, 0.3) is 0 Å². The van der Waals surface area contributed by atoms with Gasteiger partial charge in [0.25, 0.3) is 0 Å². The Morgan fingerprint density at radius 2 is 2.25 bits per heavy atom. The Morgan fingerprint density at radius 3 is 2.88 bits per heavy atom. The van der Waals surface area contributed by atoms with Crippen LogP contribution in [0.1, 0.15) is 25.3 Å². The molecule has 0 spiro atoms. The molecule has 1 aliphatic rings. The zero-order valence-electron chi connectivity index (χ0n) is 9.55. The second-order valence-electron chi connectivity index (χ2n) is 4.39. The lowest BCUT2D eigenvalue weighted by Crippen LogP contribution is -2.21. The number of hydrogen-bond acceptors (Lipinski definition) is 1. The van der Waals surface area contributed by atoms with Gasteiger partial charge in [0.1, 0.15) is 0 Å². The van der Waals surface area contributed by atoms with Gasteiger partial charge in [0.15, 0.2) is 0 Å². The number of nitrogens with zero attached hydrogens (tertiary/aromatic N) is 1. The second kappa shape index (κ2) is 5.29. The number of benzene rings is 1. The van der Waals surface area contributed by atoms with Gasteiger partial charge < -0.3 is 4.90 Å². The normalized spacial score (nSPS) is 20.4. The highest BCUT2D eigenvalue weighted by molar-refractivity contribution is 6.33. The van der Waals surface area contributed by atoms with Gasteiger partial charge in [-0.05, 0) is 24.0 Å². The molecule has 16 heavy (non-hydrogen) atoms. The summed E-state index contributed by atoms with van der Waals surface area (Å²) in [5.41, 5.74) is 2.29. The average molecular weight is 258 g/mol. The minimum atomic E-state index is 0.531. The number of para-hydroxylation sites is 1. The molecule has 0 aliphatic carbocycles. The minimum absolute atomic E-state index is 0.531. The van der Waals surface area contributed by atoms with Crippen LogP contribution in [0.3, 0.4) is 0 Å². The van der Waals surface area contributed by atoms with Crippen molar-refractivity contribution in [3.8, 4) is 0 Å². The van der Waals surface area contributed by atoms with E-state index in [1.165, 1.54) is 12.8 Å². The van der Waals surface area contributed by atoms with Crippen molar-refractivity contribution >= 4 is 28.9 Å². The van der Waals surface area contributed by atoms with Crippen molar-refractivity contribution in [2.24, 2.45) is 5.92 Å². The smallest absolute Gasteiger partial charge is 0.0642 e. The lowest BCUT2D eigenvalue weighted by atomic mass is 10.1. The summed E-state index contributed by atoms with van der Waals surface area (Å²) in [7, 11) is 0. The number of halogens is 2. The summed E-state index contributed by atoms with van der Waals surface area (Å²) < 4.78 is 0. The topological polar surface area (TPSA) is 3.24 Å². The molecule has 0 saturated carbocycles. The third-order valence-electron chi connectivity index (χ3n) is 3.39. The van der Waals surface area contributed by atoms with Gasteiger partial charge in [0.2, 0.25) is 0 Å². The van der Waals surface area contributed by atoms with E-state index >= 15 is 0 Å². The van der Waals surface area contributed by atoms with Gasteiger partial charge >= 0.3 is 0 Å². The van der Waals surface area contributed by atoms with Crippen LogP contribution in [-0.2, 0) is 5.88 Å². The van der Waals surface area contributed by atoms with E-state index in [1.54, 1.807) is 0 Å². The monoisotopic (exact) mass is 257 g/mol. The third-order valence-corrected chi connectivity index (χ3v) is 3.99. The summed E-state index contributed by atoms with van der Waals surface area (Å²) in [6, 6.07) is 5.98. The van der Waals surface area contributed by atoms with Crippen molar-refractivity contribution < 1.29 is 0 Å². The van der Waals surface area contributed by atoms with E-state index in [1.807, 2.05) is 12.1 Å². The van der Waals surface area contributed by atoms with E-state index in [4.69, 9.17) is 23.2 Å². The van der Waals surface area contributed by atoms with Crippen LogP contribution in [-0.4, -0.2) is 13.1 Å². The molecule has 1 heterocycles. The number of hydrogen-bond donors (Lipinski definition) is 0. The van der Waals surface area contributed by atoms with Crippen molar-refractivity contribution in [3.63, 3.8) is 0 Å². The Hall–Kier alpha value is -0.400. The first kappa shape index (κ1) is 12.1. The predicted octanol–water partition coefficient (Wildman–Crippen LogP) is 4.32. The fraction of sp³-hybridized carbons (Fsp3) is 0.538. The largest absolute Gasteiger partial charge is 0.370 e. The maximum Gasteiger partial charge on any atom is 0.0642 e. The zero-order valence-corrected chi connectivity index (χ0v) is 11.1. The lowest BCUT2D eigenvalue weighted by molar-refractivity contribution is 0.569. The first-order valence-corrected chi connectivity index (χ1v) is 6.75. The van der Waals surface area contributed by atoms with Crippen LogP contribution in [0.2, 0.25) is 5.02 Å². The van der Waals surface area contributed by atoms with Gasteiger partial charge in [0.05, 0.1) is 10.7 Å². The summed E-state index contributed by atoms with van der Waals surface area (Å²) >= 11 is 12.2. The van der Waals surface area contributed by atoms with Gasteiger partial charge in [0, 0.05) is 19.0 Å². The van der Waals surface area contributed by atoms with E-state index < -0.39 is 0 Å². The van der Waals surface area contributed by atoms with E-state index in [0.717, 1.165) is 35.3 Å². The molecule has 3 heteroatoms. The van der Waals surface area contributed by atoms with E-state index in [9.17, 15) is 0 Å². The molecule has 0 aromatic heterocycles. The quantitative estimate of drug-likeness (QED) is 0.730. The number of anilines is 1. The first-order valence-electron chi connectivity index (χ1n) is 5.84. The molecule has 1 unspecified atom stereocenters. The van der Waals surface area contributed by atoms with Crippen molar-refractivity contribution in [2.75, 3.05) is 18.0 Å². The summed E-state index contributed by atoms with van der Waals surface area (Å²) in [4.78, 5) is 2.38. The highest BCUT2D eigenvalue weighted by atomic mass is 35.5. The summed E-state index contributed by atoms with van der Waals surface area (Å²) in [6.07, 6.45) is 2.51. The third kappa shape index (κ3) is 2.31. The van der Waals surface area contributed by atoms with Gasteiger partial charge in [-0.25, -0.2) is 0 Å². The summed E-state index contributed by atoms with van der Waals surface area (Å²) in [6.45, 7) is 4.47. The minimum Gasteiger partial charge on any atom is -0.370 e. The predicted molar refractivity (Wildman–Crippen MR) is 71.6 cm³/mol. The second-order valence-corrected chi connectivity index (χ2v) is 5.06. The molecule has 0 radical (unpaired) electrons. The molecule has 1 atom stereocenters. The van der Waals surface area contributed by atoms with Crippen molar-refractivity contribution in [1.82, 2.24) is 0 Å². The molecule has 88 valence electrons. The van der Waals surface area contributed by atoms with Crippen molar-refractivity contribution in [2.45, 2.75) is 25.6 Å². The van der Waals surface area contributed by atoms with Gasteiger partial charge in [-0.2, -0.15) is 0 Å². The molecule has 2 rings (SSSR count). The Bertz CT molecular complexity index is 365. The number of alkyl halides is 1. The van der Waals surface area contributed by atoms with Crippen LogP contribution in [0.4, 0.5) is 5.69 Å². The Morgan fingerprint density at radius 1 is 1.44 bits per heavy atom. The van der Waals surface area contributed by atoms with Crippen molar-refractivity contribution in [1.29, 1.82) is 0 Å². The summed E-state index contributed by atoms with van der Waals surface area (Å²) in [5.74, 6) is 1.34. The van der Waals surface area contributed by atoms with Crippen LogP contribution < -0.4 is 4.90 Å². The number of rotatable bonds is 3. The van der Waals surface area contributed by atoms with E-state index in [-0.39, 0.29) is 0 Å². The molecule has 1 aromatic rings. The maximum absolute atomic E-state index is 6.28. The molecular formula is C13H17Cl2N. The van der Waals surface area contributed by atoms with Gasteiger partial charge in [-0.1, -0.05) is 37.1 Å². The Labute approximate surface area is 107 Å². The lowest BCUT2D eigenvalue weighted by Gasteiger charge is -2.22. The van der Waals surface area contributed by atoms with Crippen molar-refractivity contribution in [3.05, 3.63) is 28.8 Å². The Kier molecular flexibility index (Phi) is 3.99. The molecule has 1 nitrogen and oxygen atoms in total. The van der Waals surface area contributed by atoms with Gasteiger partial charge in [-0.15, -0.1) is 11.6 Å². The molecule has 1 saturated heterocycles. The molecule has 1 fully saturated rings. The summed E-state index contributed by atoms with van der Waals surface area (Å²) in [5, 5.41) is 0.829. The Balaban J connectivity index is 2.26. The maximum atomic E-state index is 6.28. The molecular weight excluding hydrogens is 241 g/mol. The van der Waals surface area contributed by atoms with E-state index in [0.29, 0.717) is 5.88 Å². The molecule has 1 aliphatic heterocycles. The van der Waals surface area contributed by atoms with E-state index in [2.05, 4.69) is 17.9 Å². The molecule has 0 bridgehead atoms. The standard InChI is InChI=1S/C13H17Cl2N/c1-2-10-6-7-16(9-10)13-11(8-14)4-3-5-12(13)15/h3-5,10H,2,6-9H2,1H3. The van der Waals surface area contributed by atoms with Gasteiger partial charge in [-0.3, -0.25) is 0 Å². The highest BCUT2D eigenvalue weighted by Gasteiger charge is 2.24. The average Bonchev–Trinajstić information content (AvgIpc) is 2.76. The van der Waals surface area contributed by atoms with Crippen LogP contribution in [0.15, 0.2) is 18.2 Å². The highest BCUT2D eigenvalue weighted by Crippen LogP contribution is 2.35. The van der Waals surface area contributed by atoms with Crippen LogP contribution in [0.5, 0.6) is 0 Å². The zero-order chi connectivity index (χ0) is 11.5. The fourth-order valence-corrected chi connectivity index (χ4v) is 2.92. The molecule has 0 amide bonds.